The van der Waals surface area contributed by atoms with Crippen molar-refractivity contribution in [2.45, 2.75) is 6.04 Å². The van der Waals surface area contributed by atoms with Crippen LogP contribution < -0.4 is 5.32 Å². The molecule has 0 aromatic carbocycles. The highest BCUT2D eigenvalue weighted by Crippen LogP contribution is 2.20. The first-order chi connectivity index (χ1) is 4.47. The van der Waals surface area contributed by atoms with Crippen molar-refractivity contribution in [1.82, 2.24) is 10.2 Å². The van der Waals surface area contributed by atoms with E-state index in [0.717, 1.165) is 6.04 Å². The maximum atomic E-state index is 3.40. The molecule has 1 N–H and O–H groups in total. The number of fused-ring (bicyclic) bond motifs is 1. The van der Waals surface area contributed by atoms with Crippen LogP contribution in [0.5, 0.6) is 0 Å². The molecule has 2 aliphatic heterocycles. The molecule has 0 aromatic heterocycles. The van der Waals surface area contributed by atoms with Gasteiger partial charge in [-0.05, 0) is 0 Å². The Morgan fingerprint density at radius 1 is 1.56 bits per heavy atom. The van der Waals surface area contributed by atoms with Crippen molar-refractivity contribution in [3.05, 3.63) is 0 Å². The van der Waals surface area contributed by atoms with Crippen molar-refractivity contribution < 1.29 is 0 Å². The minimum atomic E-state index is 0.851. The van der Waals surface area contributed by atoms with Crippen LogP contribution in [-0.2, 0) is 0 Å². The highest BCUT2D eigenvalue weighted by molar-refractivity contribution is 7.99. The lowest BCUT2D eigenvalue weighted by Crippen LogP contribution is -2.48. The first-order valence-electron chi connectivity index (χ1n) is 3.49. The van der Waals surface area contributed by atoms with E-state index >= 15 is 0 Å². The van der Waals surface area contributed by atoms with Gasteiger partial charge >= 0.3 is 0 Å². The van der Waals surface area contributed by atoms with E-state index in [9.17, 15) is 0 Å². The zero-order valence-corrected chi connectivity index (χ0v) is 6.28. The third-order valence-electron chi connectivity index (χ3n) is 2.04. The summed E-state index contributed by atoms with van der Waals surface area (Å²) in [6.07, 6.45) is 0. The van der Waals surface area contributed by atoms with E-state index in [1.54, 1.807) is 0 Å². The Morgan fingerprint density at radius 3 is 3.44 bits per heavy atom. The molecule has 2 nitrogen and oxygen atoms in total. The van der Waals surface area contributed by atoms with Gasteiger partial charge in [-0.3, -0.25) is 4.90 Å². The predicted molar refractivity (Wildman–Crippen MR) is 40.7 cm³/mol. The van der Waals surface area contributed by atoms with Gasteiger partial charge in [0.1, 0.15) is 0 Å². The predicted octanol–water partition coefficient (Wildman–Crippen LogP) is -0.0355. The normalized spacial score (nSPS) is 36.7. The quantitative estimate of drug-likeness (QED) is 0.514. The van der Waals surface area contributed by atoms with E-state index in [4.69, 9.17) is 0 Å². The summed E-state index contributed by atoms with van der Waals surface area (Å²) in [5.74, 6) is 2.61. The number of piperazine rings is 1. The molecule has 0 saturated carbocycles. The van der Waals surface area contributed by atoms with Crippen LogP contribution in [0.25, 0.3) is 0 Å². The standard InChI is InChI=1S/C6H12N2S/c1-2-8-5-9-4-6(8)3-7-1/h6-7H,1-5H2. The van der Waals surface area contributed by atoms with Crippen LogP contribution >= 0.6 is 11.8 Å². The molecule has 52 valence electrons. The number of rotatable bonds is 0. The van der Waals surface area contributed by atoms with Gasteiger partial charge in [0.15, 0.2) is 0 Å². The monoisotopic (exact) mass is 144 g/mol. The van der Waals surface area contributed by atoms with Crippen LogP contribution in [0, 0.1) is 0 Å². The van der Waals surface area contributed by atoms with Crippen LogP contribution in [0.15, 0.2) is 0 Å². The highest BCUT2D eigenvalue weighted by atomic mass is 32.2. The van der Waals surface area contributed by atoms with Gasteiger partial charge in [0.25, 0.3) is 0 Å². The SMILES string of the molecule is C1CN2CSCC2CN1. The summed E-state index contributed by atoms with van der Waals surface area (Å²) >= 11 is 2.07. The molecule has 1 unspecified atom stereocenters. The Morgan fingerprint density at radius 2 is 2.56 bits per heavy atom. The second kappa shape index (κ2) is 2.48. The molecule has 0 amide bonds. The number of hydrogen-bond acceptors (Lipinski definition) is 3. The van der Waals surface area contributed by atoms with E-state index in [-0.39, 0.29) is 0 Å². The minimum absolute atomic E-state index is 0.851. The Bertz CT molecular complexity index is 95.2. The molecule has 1 atom stereocenters. The van der Waals surface area contributed by atoms with Crippen molar-refractivity contribution in [2.75, 3.05) is 31.3 Å². The molecule has 0 aromatic rings. The van der Waals surface area contributed by atoms with Crippen molar-refractivity contribution in [3.63, 3.8) is 0 Å². The fraction of sp³-hybridized carbons (Fsp3) is 1.00. The molecule has 2 heterocycles. The summed E-state index contributed by atoms with van der Waals surface area (Å²) < 4.78 is 0. The smallest absolute Gasteiger partial charge is 0.0449 e. The number of nitrogens with zero attached hydrogens (tertiary/aromatic N) is 1. The van der Waals surface area contributed by atoms with Crippen LogP contribution in [0.1, 0.15) is 0 Å². The highest BCUT2D eigenvalue weighted by Gasteiger charge is 2.26. The van der Waals surface area contributed by atoms with Gasteiger partial charge in [-0.25, -0.2) is 0 Å². The zero-order valence-electron chi connectivity index (χ0n) is 5.47. The van der Waals surface area contributed by atoms with Crippen molar-refractivity contribution in [3.8, 4) is 0 Å². The third-order valence-corrected chi connectivity index (χ3v) is 3.17. The molecule has 0 radical (unpaired) electrons. The fourth-order valence-electron chi connectivity index (χ4n) is 1.44. The van der Waals surface area contributed by atoms with E-state index in [1.165, 1.54) is 31.3 Å². The number of nitrogens with one attached hydrogen (secondary N) is 1. The summed E-state index contributed by atoms with van der Waals surface area (Å²) in [5, 5.41) is 3.40. The average Bonchev–Trinajstić information content (AvgIpc) is 2.33. The zero-order chi connectivity index (χ0) is 6.10. The molecule has 0 aliphatic carbocycles. The molecule has 0 spiro atoms. The van der Waals surface area contributed by atoms with E-state index in [1.807, 2.05) is 0 Å². The average molecular weight is 144 g/mol. The van der Waals surface area contributed by atoms with E-state index in [0.29, 0.717) is 0 Å². The molecule has 3 heteroatoms. The molecule has 2 rings (SSSR count). The summed E-state index contributed by atoms with van der Waals surface area (Å²) in [5.41, 5.74) is 0. The van der Waals surface area contributed by atoms with Gasteiger partial charge < -0.3 is 5.32 Å². The van der Waals surface area contributed by atoms with Crippen molar-refractivity contribution in [2.24, 2.45) is 0 Å². The molecular weight excluding hydrogens is 132 g/mol. The largest absolute Gasteiger partial charge is 0.314 e. The summed E-state index contributed by atoms with van der Waals surface area (Å²) in [4.78, 5) is 2.57. The van der Waals surface area contributed by atoms with Crippen molar-refractivity contribution >= 4 is 11.8 Å². The molecule has 2 aliphatic rings. The Balaban J connectivity index is 1.97. The first kappa shape index (κ1) is 6.01. The van der Waals surface area contributed by atoms with Crippen LogP contribution in [0.2, 0.25) is 0 Å². The van der Waals surface area contributed by atoms with Gasteiger partial charge in [0, 0.05) is 37.3 Å². The minimum Gasteiger partial charge on any atom is -0.314 e. The Labute approximate surface area is 60.0 Å². The maximum absolute atomic E-state index is 3.40. The van der Waals surface area contributed by atoms with Gasteiger partial charge in [-0.15, -0.1) is 11.8 Å². The lowest BCUT2D eigenvalue weighted by molar-refractivity contribution is 0.222. The van der Waals surface area contributed by atoms with Gasteiger partial charge in [-0.2, -0.15) is 0 Å². The summed E-state index contributed by atoms with van der Waals surface area (Å²) in [6.45, 7) is 3.67. The molecule has 9 heavy (non-hydrogen) atoms. The number of thioether (sulfide) groups is 1. The second-order valence-corrected chi connectivity index (χ2v) is 3.67. The Kier molecular flexibility index (Phi) is 1.66. The number of hydrogen-bond donors (Lipinski definition) is 1. The lowest BCUT2D eigenvalue weighted by Gasteiger charge is -2.28. The molecular formula is C6H12N2S. The topological polar surface area (TPSA) is 15.3 Å². The van der Waals surface area contributed by atoms with Crippen LogP contribution in [-0.4, -0.2) is 42.2 Å². The molecule has 0 bridgehead atoms. The van der Waals surface area contributed by atoms with E-state index < -0.39 is 0 Å². The second-order valence-electron chi connectivity index (χ2n) is 2.67. The van der Waals surface area contributed by atoms with Crippen molar-refractivity contribution in [1.29, 1.82) is 0 Å². The first-order valence-corrected chi connectivity index (χ1v) is 4.65. The van der Waals surface area contributed by atoms with Gasteiger partial charge in [0.05, 0.1) is 0 Å². The Hall–Kier alpha value is 0.270. The lowest BCUT2D eigenvalue weighted by atomic mass is 10.2. The fourth-order valence-corrected chi connectivity index (χ4v) is 2.72. The molecule has 2 saturated heterocycles. The van der Waals surface area contributed by atoms with E-state index in [2.05, 4.69) is 22.0 Å². The van der Waals surface area contributed by atoms with Crippen LogP contribution in [0.4, 0.5) is 0 Å². The maximum Gasteiger partial charge on any atom is 0.0449 e. The summed E-state index contributed by atoms with van der Waals surface area (Å²) in [7, 11) is 0. The van der Waals surface area contributed by atoms with Gasteiger partial charge in [-0.1, -0.05) is 0 Å². The van der Waals surface area contributed by atoms with Crippen LogP contribution in [0.3, 0.4) is 0 Å². The van der Waals surface area contributed by atoms with Gasteiger partial charge in [0.2, 0.25) is 0 Å². The summed E-state index contributed by atoms with van der Waals surface area (Å²) in [6, 6.07) is 0.851. The molecule has 2 fully saturated rings. The third kappa shape index (κ3) is 1.09.